The summed E-state index contributed by atoms with van der Waals surface area (Å²) in [4.78, 5) is 29.9. The highest BCUT2D eigenvalue weighted by Crippen LogP contribution is 2.35. The number of hydrogen-bond donors (Lipinski definition) is 0. The minimum atomic E-state index is -4.89. The first kappa shape index (κ1) is 19.9. The topological polar surface area (TPSA) is 71.9 Å². The van der Waals surface area contributed by atoms with Gasteiger partial charge in [0.2, 0.25) is 0 Å². The van der Waals surface area contributed by atoms with Crippen molar-refractivity contribution in [1.82, 2.24) is 24.8 Å². The number of nitrogens with zero attached hydrogens (tertiary/aromatic N) is 5. The van der Waals surface area contributed by atoms with Crippen LogP contribution in [0.15, 0.2) is 55.2 Å². The van der Waals surface area contributed by atoms with Crippen LogP contribution in [-0.2, 0) is 4.79 Å². The molecule has 1 saturated heterocycles. The summed E-state index contributed by atoms with van der Waals surface area (Å²) < 4.78 is 38.9. The molecule has 0 aliphatic carbocycles. The van der Waals surface area contributed by atoms with Crippen molar-refractivity contribution in [2.45, 2.75) is 24.9 Å². The molecule has 0 bridgehead atoms. The lowest BCUT2D eigenvalue weighted by Crippen LogP contribution is -2.46. The first-order chi connectivity index (χ1) is 14.4. The lowest BCUT2D eigenvalue weighted by atomic mass is 9.90. The Morgan fingerprint density at radius 3 is 2.53 bits per heavy atom. The Balaban J connectivity index is 1.75. The predicted molar refractivity (Wildman–Crippen MR) is 103 cm³/mol. The molecule has 0 aromatic carbocycles. The molecule has 0 saturated carbocycles. The van der Waals surface area contributed by atoms with E-state index in [0.717, 1.165) is 16.0 Å². The SMILES string of the molecule is O=C(N1CCCC(c2nc(-c3cccnc3)ncc2-c2ccncc2)C1)C(F)(F)F. The van der Waals surface area contributed by atoms with Crippen molar-refractivity contribution in [2.75, 3.05) is 13.1 Å². The van der Waals surface area contributed by atoms with Crippen LogP contribution in [0.2, 0.25) is 0 Å². The molecule has 1 aliphatic heterocycles. The molecule has 3 aromatic rings. The zero-order chi connectivity index (χ0) is 21.1. The Kier molecular flexibility index (Phi) is 5.43. The van der Waals surface area contributed by atoms with Crippen LogP contribution in [-0.4, -0.2) is 50.0 Å². The molecule has 4 heterocycles. The molecule has 1 unspecified atom stereocenters. The van der Waals surface area contributed by atoms with Gasteiger partial charge in [-0.2, -0.15) is 13.2 Å². The summed E-state index contributed by atoms with van der Waals surface area (Å²) in [5, 5.41) is 0. The van der Waals surface area contributed by atoms with Gasteiger partial charge in [0, 0.05) is 61.1 Å². The van der Waals surface area contributed by atoms with Crippen LogP contribution in [0.3, 0.4) is 0 Å². The average Bonchev–Trinajstić information content (AvgIpc) is 2.79. The third-order valence-corrected chi connectivity index (χ3v) is 5.07. The summed E-state index contributed by atoms with van der Waals surface area (Å²) in [6.45, 7) is 0.0416. The molecule has 9 heteroatoms. The van der Waals surface area contributed by atoms with Gasteiger partial charge in [-0.05, 0) is 42.7 Å². The molecule has 0 radical (unpaired) electrons. The highest BCUT2D eigenvalue weighted by atomic mass is 19.4. The molecule has 0 N–H and O–H groups in total. The largest absolute Gasteiger partial charge is 0.471 e. The van der Waals surface area contributed by atoms with E-state index in [0.29, 0.717) is 29.9 Å². The lowest BCUT2D eigenvalue weighted by Gasteiger charge is -2.33. The van der Waals surface area contributed by atoms with Crippen molar-refractivity contribution in [3.05, 3.63) is 60.9 Å². The van der Waals surface area contributed by atoms with E-state index < -0.39 is 12.1 Å². The van der Waals surface area contributed by atoms with Crippen LogP contribution in [0.1, 0.15) is 24.5 Å². The fourth-order valence-corrected chi connectivity index (χ4v) is 3.66. The normalized spacial score (nSPS) is 17.0. The molecule has 6 nitrogen and oxygen atoms in total. The number of aromatic nitrogens is 4. The minimum absolute atomic E-state index is 0.0417. The van der Waals surface area contributed by atoms with Gasteiger partial charge in [0.15, 0.2) is 5.82 Å². The first-order valence-electron chi connectivity index (χ1n) is 9.47. The summed E-state index contributed by atoms with van der Waals surface area (Å²) in [7, 11) is 0. The number of pyridine rings is 2. The third-order valence-electron chi connectivity index (χ3n) is 5.07. The van der Waals surface area contributed by atoms with Crippen molar-refractivity contribution in [1.29, 1.82) is 0 Å². The Morgan fingerprint density at radius 2 is 1.83 bits per heavy atom. The van der Waals surface area contributed by atoms with Crippen molar-refractivity contribution in [3.8, 4) is 22.5 Å². The van der Waals surface area contributed by atoms with E-state index in [-0.39, 0.29) is 19.0 Å². The van der Waals surface area contributed by atoms with Crippen LogP contribution in [0.25, 0.3) is 22.5 Å². The molecule has 1 aliphatic rings. The second-order valence-corrected chi connectivity index (χ2v) is 7.06. The maximum Gasteiger partial charge on any atom is 0.471 e. The second kappa shape index (κ2) is 8.17. The van der Waals surface area contributed by atoms with Crippen molar-refractivity contribution >= 4 is 5.91 Å². The lowest BCUT2D eigenvalue weighted by molar-refractivity contribution is -0.186. The molecule has 1 fully saturated rings. The molecule has 30 heavy (non-hydrogen) atoms. The van der Waals surface area contributed by atoms with Crippen molar-refractivity contribution < 1.29 is 18.0 Å². The van der Waals surface area contributed by atoms with E-state index in [1.54, 1.807) is 49.2 Å². The summed E-state index contributed by atoms with van der Waals surface area (Å²) >= 11 is 0. The zero-order valence-corrected chi connectivity index (χ0v) is 15.9. The number of rotatable bonds is 3. The Labute approximate surface area is 170 Å². The van der Waals surface area contributed by atoms with E-state index in [9.17, 15) is 18.0 Å². The van der Waals surface area contributed by atoms with Gasteiger partial charge >= 0.3 is 12.1 Å². The maximum absolute atomic E-state index is 13.0. The van der Waals surface area contributed by atoms with Gasteiger partial charge in [0.1, 0.15) is 0 Å². The number of piperidine rings is 1. The van der Waals surface area contributed by atoms with Crippen LogP contribution >= 0.6 is 0 Å². The van der Waals surface area contributed by atoms with E-state index in [1.807, 2.05) is 6.07 Å². The fraction of sp³-hybridized carbons (Fsp3) is 0.286. The van der Waals surface area contributed by atoms with Gasteiger partial charge in [-0.1, -0.05) is 0 Å². The van der Waals surface area contributed by atoms with Gasteiger partial charge in [-0.25, -0.2) is 9.97 Å². The van der Waals surface area contributed by atoms with Crippen LogP contribution < -0.4 is 0 Å². The summed E-state index contributed by atoms with van der Waals surface area (Å²) in [5.41, 5.74) is 2.86. The Morgan fingerprint density at radius 1 is 1.03 bits per heavy atom. The molecular formula is C21H18F3N5O. The minimum Gasteiger partial charge on any atom is -0.334 e. The standard InChI is InChI=1S/C21H18F3N5O/c22-21(23,24)20(30)29-10-2-4-16(13-29)18-17(14-5-8-25-9-6-14)12-27-19(28-18)15-3-1-7-26-11-15/h1,3,5-9,11-12,16H,2,4,10,13H2. The van der Waals surface area contributed by atoms with Gasteiger partial charge in [-0.15, -0.1) is 0 Å². The zero-order valence-electron chi connectivity index (χ0n) is 15.9. The Hall–Kier alpha value is -3.36. The van der Waals surface area contributed by atoms with E-state index >= 15 is 0 Å². The Bertz CT molecular complexity index is 1030. The molecule has 4 rings (SSSR count). The highest BCUT2D eigenvalue weighted by Gasteiger charge is 2.44. The third kappa shape index (κ3) is 4.14. The van der Waals surface area contributed by atoms with Crippen LogP contribution in [0.4, 0.5) is 13.2 Å². The van der Waals surface area contributed by atoms with Crippen molar-refractivity contribution in [3.63, 3.8) is 0 Å². The molecule has 154 valence electrons. The number of carbonyl (C=O) groups excluding carboxylic acids is 1. The van der Waals surface area contributed by atoms with Crippen LogP contribution in [0.5, 0.6) is 0 Å². The van der Waals surface area contributed by atoms with Crippen molar-refractivity contribution in [2.24, 2.45) is 0 Å². The predicted octanol–water partition coefficient (Wildman–Crippen LogP) is 3.87. The summed E-state index contributed by atoms with van der Waals surface area (Å²) in [5.74, 6) is -1.71. The number of amides is 1. The van der Waals surface area contributed by atoms with E-state index in [2.05, 4.69) is 15.0 Å². The summed E-state index contributed by atoms with van der Waals surface area (Å²) in [6.07, 6.45) is 4.41. The highest BCUT2D eigenvalue weighted by molar-refractivity contribution is 5.82. The molecule has 1 atom stereocenters. The fourth-order valence-electron chi connectivity index (χ4n) is 3.66. The molecular weight excluding hydrogens is 395 g/mol. The van der Waals surface area contributed by atoms with E-state index in [1.165, 1.54) is 0 Å². The quantitative estimate of drug-likeness (QED) is 0.652. The number of likely N-dealkylation sites (tertiary alicyclic amines) is 1. The van der Waals surface area contributed by atoms with Crippen LogP contribution in [0, 0.1) is 0 Å². The van der Waals surface area contributed by atoms with Gasteiger partial charge in [-0.3, -0.25) is 14.8 Å². The number of carbonyl (C=O) groups is 1. The average molecular weight is 413 g/mol. The van der Waals surface area contributed by atoms with E-state index in [4.69, 9.17) is 4.98 Å². The van der Waals surface area contributed by atoms with Gasteiger partial charge < -0.3 is 4.90 Å². The summed E-state index contributed by atoms with van der Waals surface area (Å²) in [6, 6.07) is 7.18. The first-order valence-corrected chi connectivity index (χ1v) is 9.47. The number of halogens is 3. The van der Waals surface area contributed by atoms with Gasteiger partial charge in [0.25, 0.3) is 0 Å². The smallest absolute Gasteiger partial charge is 0.334 e. The number of alkyl halides is 3. The maximum atomic E-state index is 13.0. The monoisotopic (exact) mass is 413 g/mol. The molecule has 1 amide bonds. The molecule has 0 spiro atoms. The second-order valence-electron chi connectivity index (χ2n) is 7.06. The molecule has 3 aromatic heterocycles. The van der Waals surface area contributed by atoms with Gasteiger partial charge in [0.05, 0.1) is 5.69 Å². The number of hydrogen-bond acceptors (Lipinski definition) is 5.